The summed E-state index contributed by atoms with van der Waals surface area (Å²) in [5, 5.41) is 6.43. The summed E-state index contributed by atoms with van der Waals surface area (Å²) >= 11 is 6.18. The molecule has 0 unspecified atom stereocenters. The van der Waals surface area contributed by atoms with Gasteiger partial charge in [-0.1, -0.05) is 72.3 Å². The van der Waals surface area contributed by atoms with Crippen LogP contribution in [0, 0.1) is 0 Å². The molecule has 1 amide bonds. The summed E-state index contributed by atoms with van der Waals surface area (Å²) in [7, 11) is -0.734. The Hall–Kier alpha value is -2.71. The largest absolute Gasteiger partial charge is 0.325 e. The minimum Gasteiger partial charge on any atom is -0.325 e. The number of amides is 1. The Morgan fingerprint density at radius 2 is 1.50 bits per heavy atom. The van der Waals surface area contributed by atoms with E-state index < -0.39 is 10.0 Å². The molecule has 0 radical (unpaired) electrons. The maximum absolute atomic E-state index is 12.5. The van der Waals surface area contributed by atoms with Crippen molar-refractivity contribution in [2.24, 2.45) is 0 Å². The molecule has 0 aromatic heterocycles. The molecule has 0 bridgehead atoms. The van der Waals surface area contributed by atoms with E-state index in [1.54, 1.807) is 0 Å². The number of hydrogen-bond donors (Lipinski definition) is 2. The Morgan fingerprint density at radius 3 is 2.03 bits per heavy atom. The molecule has 3 aromatic carbocycles. The summed E-state index contributed by atoms with van der Waals surface area (Å²) in [6, 6.07) is 24.2. The van der Waals surface area contributed by atoms with Crippen molar-refractivity contribution in [2.75, 3.05) is 26.0 Å². The van der Waals surface area contributed by atoms with Crippen LogP contribution in [-0.4, -0.2) is 39.3 Å². The highest BCUT2D eigenvalue weighted by Crippen LogP contribution is 2.27. The van der Waals surface area contributed by atoms with Crippen molar-refractivity contribution >= 4 is 33.2 Å². The number of carbonyl (C=O) groups excluding carboxylic acids is 1. The van der Waals surface area contributed by atoms with Gasteiger partial charge in [0.1, 0.15) is 0 Å². The van der Waals surface area contributed by atoms with E-state index in [0.717, 1.165) is 15.4 Å². The van der Waals surface area contributed by atoms with Gasteiger partial charge in [0.2, 0.25) is 15.9 Å². The first-order chi connectivity index (χ1) is 15.3. The Labute approximate surface area is 194 Å². The zero-order chi connectivity index (χ0) is 23.1. The zero-order valence-electron chi connectivity index (χ0n) is 18.0. The van der Waals surface area contributed by atoms with Crippen LogP contribution < -0.4 is 10.6 Å². The van der Waals surface area contributed by atoms with E-state index in [0.29, 0.717) is 6.54 Å². The average Bonchev–Trinajstić information content (AvgIpc) is 2.79. The van der Waals surface area contributed by atoms with Gasteiger partial charge in [0.15, 0.2) is 0 Å². The molecule has 0 saturated carbocycles. The van der Waals surface area contributed by atoms with Gasteiger partial charge in [-0.15, -0.1) is 0 Å². The van der Waals surface area contributed by atoms with Crippen LogP contribution >= 0.6 is 11.6 Å². The summed E-state index contributed by atoms with van der Waals surface area (Å²) in [5.41, 5.74) is 2.47. The van der Waals surface area contributed by atoms with E-state index in [1.807, 2.05) is 60.7 Å². The standard InChI is InChI=1S/C24H26ClN3O3S/c1-28(2)32(30,31)20-13-14-21(25)22(17-20)27-23(29)15-16-26-24(18-9-5-3-6-10-18)19-11-7-4-8-12-19/h3-14,17,24,26H,15-16H2,1-2H3,(H,27,29). The molecule has 0 aliphatic rings. The van der Waals surface area contributed by atoms with Crippen LogP contribution in [0.15, 0.2) is 83.8 Å². The maximum atomic E-state index is 12.5. The molecule has 0 atom stereocenters. The zero-order valence-corrected chi connectivity index (χ0v) is 19.5. The summed E-state index contributed by atoms with van der Waals surface area (Å²) in [6.45, 7) is 0.424. The Balaban J connectivity index is 1.67. The minimum absolute atomic E-state index is 0.0534. The van der Waals surface area contributed by atoms with Crippen LogP contribution in [0.2, 0.25) is 5.02 Å². The number of nitrogens with one attached hydrogen (secondary N) is 2. The van der Waals surface area contributed by atoms with E-state index >= 15 is 0 Å². The van der Waals surface area contributed by atoms with Crippen LogP contribution in [0.3, 0.4) is 0 Å². The predicted molar refractivity (Wildman–Crippen MR) is 128 cm³/mol. The molecule has 8 heteroatoms. The third-order valence-corrected chi connectivity index (χ3v) is 7.10. The third-order valence-electron chi connectivity index (χ3n) is 4.96. The SMILES string of the molecule is CN(C)S(=O)(=O)c1ccc(Cl)c(NC(=O)CCNC(c2ccccc2)c2ccccc2)c1. The Morgan fingerprint density at radius 1 is 0.938 bits per heavy atom. The van der Waals surface area contributed by atoms with Gasteiger partial charge < -0.3 is 10.6 Å². The number of sulfonamides is 1. The van der Waals surface area contributed by atoms with Gasteiger partial charge in [-0.05, 0) is 29.3 Å². The van der Waals surface area contributed by atoms with Crippen molar-refractivity contribution in [3.63, 3.8) is 0 Å². The fraction of sp³-hybridized carbons (Fsp3) is 0.208. The predicted octanol–water partition coefficient (Wildman–Crippen LogP) is 4.30. The molecular formula is C24H26ClN3O3S. The fourth-order valence-electron chi connectivity index (χ4n) is 3.23. The number of nitrogens with zero attached hydrogens (tertiary/aromatic N) is 1. The second kappa shape index (κ2) is 10.7. The number of benzene rings is 3. The van der Waals surface area contributed by atoms with Crippen LogP contribution in [0.1, 0.15) is 23.6 Å². The lowest BCUT2D eigenvalue weighted by Crippen LogP contribution is -2.27. The quantitative estimate of drug-likeness (QED) is 0.487. The molecule has 0 heterocycles. The molecule has 0 aliphatic carbocycles. The average molecular weight is 472 g/mol. The van der Waals surface area contributed by atoms with Gasteiger partial charge in [-0.3, -0.25) is 4.79 Å². The van der Waals surface area contributed by atoms with Crippen molar-refractivity contribution < 1.29 is 13.2 Å². The first-order valence-corrected chi connectivity index (χ1v) is 12.0. The highest BCUT2D eigenvalue weighted by Gasteiger charge is 2.19. The summed E-state index contributed by atoms with van der Waals surface area (Å²) in [4.78, 5) is 12.6. The Bertz CT molecular complexity index is 1110. The molecule has 168 valence electrons. The van der Waals surface area contributed by atoms with Crippen LogP contribution in [-0.2, 0) is 14.8 Å². The molecule has 2 N–H and O–H groups in total. The monoisotopic (exact) mass is 471 g/mol. The van der Waals surface area contributed by atoms with Gasteiger partial charge in [0, 0.05) is 27.1 Å². The fourth-order valence-corrected chi connectivity index (χ4v) is 4.33. The van der Waals surface area contributed by atoms with E-state index in [1.165, 1.54) is 32.3 Å². The molecule has 3 rings (SSSR count). The van der Waals surface area contributed by atoms with Crippen molar-refractivity contribution in [1.29, 1.82) is 0 Å². The number of carbonyl (C=O) groups is 1. The van der Waals surface area contributed by atoms with E-state index in [2.05, 4.69) is 10.6 Å². The van der Waals surface area contributed by atoms with Gasteiger partial charge >= 0.3 is 0 Å². The van der Waals surface area contributed by atoms with E-state index in [4.69, 9.17) is 11.6 Å². The van der Waals surface area contributed by atoms with Crippen LogP contribution in [0.5, 0.6) is 0 Å². The Kier molecular flexibility index (Phi) is 8.04. The van der Waals surface area contributed by atoms with Gasteiger partial charge in [0.05, 0.1) is 21.6 Å². The van der Waals surface area contributed by atoms with E-state index in [9.17, 15) is 13.2 Å². The van der Waals surface area contributed by atoms with Crippen LogP contribution in [0.4, 0.5) is 5.69 Å². The van der Waals surface area contributed by atoms with Gasteiger partial charge in [0.25, 0.3) is 0 Å². The van der Waals surface area contributed by atoms with Crippen molar-refractivity contribution in [3.05, 3.63) is 95.0 Å². The van der Waals surface area contributed by atoms with Crippen molar-refractivity contribution in [1.82, 2.24) is 9.62 Å². The summed E-state index contributed by atoms with van der Waals surface area (Å²) in [6.07, 6.45) is 0.192. The highest BCUT2D eigenvalue weighted by atomic mass is 35.5. The second-order valence-corrected chi connectivity index (χ2v) is 9.99. The lowest BCUT2D eigenvalue weighted by Gasteiger charge is -2.20. The van der Waals surface area contributed by atoms with Crippen molar-refractivity contribution in [3.8, 4) is 0 Å². The lowest BCUT2D eigenvalue weighted by molar-refractivity contribution is -0.116. The number of hydrogen-bond acceptors (Lipinski definition) is 4. The van der Waals surface area contributed by atoms with E-state index in [-0.39, 0.29) is 34.0 Å². The molecular weight excluding hydrogens is 446 g/mol. The van der Waals surface area contributed by atoms with Gasteiger partial charge in [-0.25, -0.2) is 12.7 Å². The normalized spacial score (nSPS) is 11.7. The summed E-state index contributed by atoms with van der Waals surface area (Å²) in [5.74, 6) is -0.265. The number of rotatable bonds is 9. The smallest absolute Gasteiger partial charge is 0.242 e. The molecule has 0 aliphatic heterocycles. The van der Waals surface area contributed by atoms with Crippen molar-refractivity contribution in [2.45, 2.75) is 17.4 Å². The number of halogens is 1. The lowest BCUT2D eigenvalue weighted by atomic mass is 9.98. The third kappa shape index (κ3) is 5.95. The molecule has 32 heavy (non-hydrogen) atoms. The number of anilines is 1. The maximum Gasteiger partial charge on any atom is 0.242 e. The molecule has 6 nitrogen and oxygen atoms in total. The first kappa shape index (κ1) is 23.9. The summed E-state index contributed by atoms with van der Waals surface area (Å²) < 4.78 is 25.8. The molecule has 0 saturated heterocycles. The van der Waals surface area contributed by atoms with Crippen LogP contribution in [0.25, 0.3) is 0 Å². The molecule has 0 spiro atoms. The highest BCUT2D eigenvalue weighted by molar-refractivity contribution is 7.89. The first-order valence-electron chi connectivity index (χ1n) is 10.1. The molecule has 0 fully saturated rings. The minimum atomic E-state index is -3.63. The van der Waals surface area contributed by atoms with Gasteiger partial charge in [-0.2, -0.15) is 0 Å². The second-order valence-electron chi connectivity index (χ2n) is 7.44. The topological polar surface area (TPSA) is 78.5 Å². The molecule has 3 aromatic rings.